The molecule has 1 heterocycles. The van der Waals surface area contributed by atoms with Gasteiger partial charge in [0.05, 0.1) is 5.56 Å². The lowest BCUT2D eigenvalue weighted by Gasteiger charge is -2.17. The molecule has 0 spiro atoms. The van der Waals surface area contributed by atoms with E-state index in [-0.39, 0.29) is 12.1 Å². The van der Waals surface area contributed by atoms with Crippen LogP contribution in [0, 0.1) is 17.8 Å². The largest absolute Gasteiger partial charge is 0.335 e. The summed E-state index contributed by atoms with van der Waals surface area (Å²) in [7, 11) is 3.47. The van der Waals surface area contributed by atoms with Gasteiger partial charge in [0.2, 0.25) is 0 Å². The SMILES string of the molecule is CCC(C)Cc1ncc(C#Cc2ccc(CC(C)NC(=O)N(C)C)cc2)cn1. The molecule has 2 unspecified atom stereocenters. The lowest BCUT2D eigenvalue weighted by Crippen LogP contribution is -2.40. The van der Waals surface area contributed by atoms with Gasteiger partial charge in [0.25, 0.3) is 0 Å². The highest BCUT2D eigenvalue weighted by Crippen LogP contribution is 2.09. The zero-order chi connectivity index (χ0) is 20.5. The van der Waals surface area contributed by atoms with Crippen molar-refractivity contribution in [2.24, 2.45) is 5.92 Å². The second-order valence-corrected chi connectivity index (χ2v) is 7.50. The van der Waals surface area contributed by atoms with Crippen molar-refractivity contribution in [3.05, 3.63) is 59.2 Å². The zero-order valence-corrected chi connectivity index (χ0v) is 17.5. The quantitative estimate of drug-likeness (QED) is 0.781. The highest BCUT2D eigenvalue weighted by molar-refractivity contribution is 5.73. The second-order valence-electron chi connectivity index (χ2n) is 7.50. The Kier molecular flexibility index (Phi) is 8.01. The second kappa shape index (κ2) is 10.5. The first kappa shape index (κ1) is 21.4. The molecule has 1 aromatic carbocycles. The predicted octanol–water partition coefficient (Wildman–Crippen LogP) is 3.67. The number of aromatic nitrogens is 2. The maximum absolute atomic E-state index is 11.7. The Hall–Kier alpha value is -2.87. The van der Waals surface area contributed by atoms with Crippen LogP contribution in [0.3, 0.4) is 0 Å². The minimum absolute atomic E-state index is 0.0675. The van der Waals surface area contributed by atoms with Crippen molar-refractivity contribution in [3.63, 3.8) is 0 Å². The van der Waals surface area contributed by atoms with E-state index in [0.717, 1.165) is 41.8 Å². The summed E-state index contributed by atoms with van der Waals surface area (Å²) in [6.07, 6.45) is 6.39. The topological polar surface area (TPSA) is 58.1 Å². The van der Waals surface area contributed by atoms with E-state index in [1.165, 1.54) is 4.90 Å². The fourth-order valence-corrected chi connectivity index (χ4v) is 2.59. The van der Waals surface area contributed by atoms with Gasteiger partial charge < -0.3 is 10.2 Å². The Balaban J connectivity index is 1.93. The molecular formula is C23H30N4O. The minimum Gasteiger partial charge on any atom is -0.335 e. The number of benzene rings is 1. The molecule has 28 heavy (non-hydrogen) atoms. The minimum atomic E-state index is -0.0765. The van der Waals surface area contributed by atoms with Crippen LogP contribution in [0.25, 0.3) is 0 Å². The fraction of sp³-hybridized carbons (Fsp3) is 0.435. The summed E-state index contributed by atoms with van der Waals surface area (Å²) in [5.41, 5.74) is 2.92. The summed E-state index contributed by atoms with van der Waals surface area (Å²) in [6.45, 7) is 6.38. The number of hydrogen-bond acceptors (Lipinski definition) is 3. The van der Waals surface area contributed by atoms with Gasteiger partial charge >= 0.3 is 6.03 Å². The highest BCUT2D eigenvalue weighted by Gasteiger charge is 2.09. The van der Waals surface area contributed by atoms with Crippen molar-refractivity contribution >= 4 is 6.03 Å². The van der Waals surface area contributed by atoms with Gasteiger partial charge in [-0.15, -0.1) is 0 Å². The molecule has 1 N–H and O–H groups in total. The molecule has 2 atom stereocenters. The van der Waals surface area contributed by atoms with Crippen LogP contribution in [-0.4, -0.2) is 41.0 Å². The molecule has 5 heteroatoms. The van der Waals surface area contributed by atoms with Gasteiger partial charge in [0, 0.05) is 44.5 Å². The molecular weight excluding hydrogens is 348 g/mol. The van der Waals surface area contributed by atoms with E-state index >= 15 is 0 Å². The first-order chi connectivity index (χ1) is 13.4. The van der Waals surface area contributed by atoms with E-state index in [4.69, 9.17) is 0 Å². The number of nitrogens with one attached hydrogen (secondary N) is 1. The molecule has 2 amide bonds. The van der Waals surface area contributed by atoms with Gasteiger partial charge in [-0.05, 0) is 37.0 Å². The van der Waals surface area contributed by atoms with Gasteiger partial charge in [-0.25, -0.2) is 14.8 Å². The third kappa shape index (κ3) is 7.03. The highest BCUT2D eigenvalue weighted by atomic mass is 16.2. The van der Waals surface area contributed by atoms with Gasteiger partial charge in [0.15, 0.2) is 0 Å². The molecule has 1 aromatic heterocycles. The number of amides is 2. The van der Waals surface area contributed by atoms with E-state index in [9.17, 15) is 4.79 Å². The van der Waals surface area contributed by atoms with Gasteiger partial charge in [0.1, 0.15) is 5.82 Å². The normalized spacial score (nSPS) is 12.5. The summed E-state index contributed by atoms with van der Waals surface area (Å²) < 4.78 is 0. The Morgan fingerprint density at radius 3 is 2.21 bits per heavy atom. The molecule has 0 saturated heterocycles. The summed E-state index contributed by atoms with van der Waals surface area (Å²) in [5.74, 6) is 7.74. The first-order valence-corrected chi connectivity index (χ1v) is 9.77. The predicted molar refractivity (Wildman–Crippen MR) is 113 cm³/mol. The number of hydrogen-bond donors (Lipinski definition) is 1. The third-order valence-electron chi connectivity index (χ3n) is 4.56. The lowest BCUT2D eigenvalue weighted by atomic mass is 10.0. The van der Waals surface area contributed by atoms with Gasteiger partial charge in [-0.3, -0.25) is 0 Å². The van der Waals surface area contributed by atoms with E-state index in [1.807, 2.05) is 31.2 Å². The Morgan fingerprint density at radius 1 is 1.04 bits per heavy atom. The smallest absolute Gasteiger partial charge is 0.317 e. The molecule has 0 fully saturated rings. The van der Waals surface area contributed by atoms with Crippen LogP contribution < -0.4 is 5.32 Å². The van der Waals surface area contributed by atoms with Crippen molar-refractivity contribution in [2.75, 3.05) is 14.1 Å². The van der Waals surface area contributed by atoms with Gasteiger partial charge in [-0.1, -0.05) is 44.2 Å². The summed E-state index contributed by atoms with van der Waals surface area (Å²) in [6, 6.07) is 8.09. The van der Waals surface area contributed by atoms with Crippen LogP contribution in [0.5, 0.6) is 0 Å². The van der Waals surface area contributed by atoms with Crippen molar-refractivity contribution in [3.8, 4) is 11.8 Å². The van der Waals surface area contributed by atoms with Crippen LogP contribution in [0.15, 0.2) is 36.7 Å². The molecule has 0 aliphatic heterocycles. The third-order valence-corrected chi connectivity index (χ3v) is 4.56. The van der Waals surface area contributed by atoms with Crippen LogP contribution in [-0.2, 0) is 12.8 Å². The number of nitrogens with zero attached hydrogens (tertiary/aromatic N) is 3. The maximum Gasteiger partial charge on any atom is 0.317 e. The van der Waals surface area contributed by atoms with Crippen LogP contribution >= 0.6 is 0 Å². The molecule has 2 aromatic rings. The molecule has 0 radical (unpaired) electrons. The van der Waals surface area contributed by atoms with E-state index in [1.54, 1.807) is 26.5 Å². The van der Waals surface area contributed by atoms with E-state index < -0.39 is 0 Å². The van der Waals surface area contributed by atoms with Crippen LogP contribution in [0.2, 0.25) is 0 Å². The molecule has 0 aliphatic rings. The first-order valence-electron chi connectivity index (χ1n) is 9.77. The molecule has 148 valence electrons. The fourth-order valence-electron chi connectivity index (χ4n) is 2.59. The average molecular weight is 379 g/mol. The molecule has 5 nitrogen and oxygen atoms in total. The number of carbonyl (C=O) groups is 1. The molecule has 2 rings (SSSR count). The van der Waals surface area contributed by atoms with E-state index in [0.29, 0.717) is 5.92 Å². The standard InChI is InChI=1S/C23H30N4O/c1-6-17(2)13-22-24-15-21(16-25-22)12-9-19-7-10-20(11-8-19)14-18(3)26-23(28)27(4)5/h7-8,10-11,15-18H,6,13-14H2,1-5H3,(H,26,28). The van der Waals surface area contributed by atoms with Crippen LogP contribution in [0.1, 0.15) is 49.7 Å². The van der Waals surface area contributed by atoms with Crippen molar-refractivity contribution < 1.29 is 4.79 Å². The summed E-state index contributed by atoms with van der Waals surface area (Å²) in [5, 5.41) is 2.95. The van der Waals surface area contributed by atoms with Crippen LogP contribution in [0.4, 0.5) is 4.79 Å². The van der Waals surface area contributed by atoms with E-state index in [2.05, 4.69) is 41.0 Å². The lowest BCUT2D eigenvalue weighted by molar-refractivity contribution is 0.214. The zero-order valence-electron chi connectivity index (χ0n) is 17.5. The summed E-state index contributed by atoms with van der Waals surface area (Å²) >= 11 is 0. The number of carbonyl (C=O) groups excluding carboxylic acids is 1. The Morgan fingerprint density at radius 2 is 1.64 bits per heavy atom. The van der Waals surface area contributed by atoms with Crippen molar-refractivity contribution in [1.29, 1.82) is 0 Å². The Labute approximate surface area is 168 Å². The van der Waals surface area contributed by atoms with Gasteiger partial charge in [-0.2, -0.15) is 0 Å². The summed E-state index contributed by atoms with van der Waals surface area (Å²) in [4.78, 5) is 22.1. The number of urea groups is 1. The Bertz CT molecular complexity index is 816. The molecule has 0 bridgehead atoms. The molecule has 0 aliphatic carbocycles. The maximum atomic E-state index is 11.7. The average Bonchev–Trinajstić information content (AvgIpc) is 2.68. The monoisotopic (exact) mass is 378 g/mol. The van der Waals surface area contributed by atoms with Crippen molar-refractivity contribution in [2.45, 2.75) is 46.1 Å². The number of rotatable bonds is 6. The molecule has 0 saturated carbocycles. The van der Waals surface area contributed by atoms with Crippen molar-refractivity contribution in [1.82, 2.24) is 20.2 Å².